The van der Waals surface area contributed by atoms with Crippen LogP contribution < -0.4 is 5.73 Å². The van der Waals surface area contributed by atoms with Crippen LogP contribution in [0.4, 0.5) is 0 Å². The van der Waals surface area contributed by atoms with E-state index in [1.807, 2.05) is 0 Å². The summed E-state index contributed by atoms with van der Waals surface area (Å²) in [6, 6.07) is 0. The van der Waals surface area contributed by atoms with Crippen molar-refractivity contribution in [2.45, 2.75) is 25.7 Å². The number of hydrogen-bond donors (Lipinski definition) is 1. The maximum atomic E-state index is 5.62. The summed E-state index contributed by atoms with van der Waals surface area (Å²) in [5.74, 6) is 3.07. The van der Waals surface area contributed by atoms with Gasteiger partial charge in [-0.25, -0.2) is 0 Å². The number of hydrogen-bond acceptors (Lipinski definition) is 1. The third kappa shape index (κ3) is 0.877. The van der Waals surface area contributed by atoms with Gasteiger partial charge < -0.3 is 5.73 Å². The summed E-state index contributed by atoms with van der Waals surface area (Å²) in [5.41, 5.74) is 5.62. The summed E-state index contributed by atoms with van der Waals surface area (Å²) in [7, 11) is 0. The first-order valence-corrected chi connectivity index (χ1v) is 4.12. The minimum Gasteiger partial charge on any atom is -0.330 e. The lowest BCUT2D eigenvalue weighted by Gasteiger charge is -2.18. The molecule has 2 rings (SSSR count). The first kappa shape index (κ1) is 5.72. The van der Waals surface area contributed by atoms with Crippen LogP contribution >= 0.6 is 0 Å². The largest absolute Gasteiger partial charge is 0.330 e. The van der Waals surface area contributed by atoms with Crippen LogP contribution in [0.5, 0.6) is 0 Å². The molecule has 2 N–H and O–H groups in total. The zero-order valence-electron chi connectivity index (χ0n) is 5.84. The van der Waals surface area contributed by atoms with Crippen molar-refractivity contribution >= 4 is 0 Å². The standard InChI is InChI=1S/C8H15N/c9-5-7-3-1-2-6-4-8(6)7/h6-8H,1-5,9H2/t6-,7+,8-/m1/s1. The first-order chi connectivity index (χ1) is 4.42. The van der Waals surface area contributed by atoms with Crippen molar-refractivity contribution in [1.82, 2.24) is 0 Å². The molecular weight excluding hydrogens is 110 g/mol. The van der Waals surface area contributed by atoms with E-state index >= 15 is 0 Å². The molecule has 3 atom stereocenters. The first-order valence-electron chi connectivity index (χ1n) is 4.12. The van der Waals surface area contributed by atoms with E-state index in [1.165, 1.54) is 25.7 Å². The second kappa shape index (κ2) is 1.98. The molecule has 52 valence electrons. The highest BCUT2D eigenvalue weighted by molar-refractivity contribution is 4.94. The molecule has 0 bridgehead atoms. The predicted molar refractivity (Wildman–Crippen MR) is 38.0 cm³/mol. The quantitative estimate of drug-likeness (QED) is 0.563. The van der Waals surface area contributed by atoms with Gasteiger partial charge in [0.1, 0.15) is 0 Å². The lowest BCUT2D eigenvalue weighted by Crippen LogP contribution is -2.19. The third-order valence-corrected chi connectivity index (χ3v) is 3.04. The zero-order valence-corrected chi connectivity index (χ0v) is 5.84. The average molecular weight is 125 g/mol. The van der Waals surface area contributed by atoms with Gasteiger partial charge in [-0.05, 0) is 37.1 Å². The summed E-state index contributed by atoms with van der Waals surface area (Å²) >= 11 is 0. The van der Waals surface area contributed by atoms with Gasteiger partial charge in [0, 0.05) is 0 Å². The van der Waals surface area contributed by atoms with Crippen LogP contribution in [0.2, 0.25) is 0 Å². The Morgan fingerprint density at radius 1 is 1.33 bits per heavy atom. The van der Waals surface area contributed by atoms with Gasteiger partial charge in [0.05, 0.1) is 0 Å². The molecule has 1 nitrogen and oxygen atoms in total. The van der Waals surface area contributed by atoms with Crippen LogP contribution in [0.25, 0.3) is 0 Å². The van der Waals surface area contributed by atoms with Gasteiger partial charge in [-0.15, -0.1) is 0 Å². The molecule has 2 saturated carbocycles. The van der Waals surface area contributed by atoms with Crippen molar-refractivity contribution in [3.8, 4) is 0 Å². The highest BCUT2D eigenvalue weighted by Crippen LogP contribution is 2.52. The number of fused-ring (bicyclic) bond motifs is 1. The minimum atomic E-state index is 0.906. The molecule has 0 aromatic heterocycles. The predicted octanol–water partition coefficient (Wildman–Crippen LogP) is 1.38. The Hall–Kier alpha value is -0.0400. The molecule has 2 fully saturated rings. The van der Waals surface area contributed by atoms with Gasteiger partial charge >= 0.3 is 0 Å². The summed E-state index contributed by atoms with van der Waals surface area (Å²) in [5, 5.41) is 0. The third-order valence-electron chi connectivity index (χ3n) is 3.04. The Bertz CT molecular complexity index is 111. The molecule has 0 saturated heterocycles. The van der Waals surface area contributed by atoms with Gasteiger partial charge in [0.2, 0.25) is 0 Å². The lowest BCUT2D eigenvalue weighted by molar-refractivity contribution is 0.343. The highest BCUT2D eigenvalue weighted by atomic mass is 14.6. The molecule has 0 heterocycles. The molecule has 0 unspecified atom stereocenters. The van der Waals surface area contributed by atoms with Crippen LogP contribution in [-0.2, 0) is 0 Å². The van der Waals surface area contributed by atoms with E-state index < -0.39 is 0 Å². The van der Waals surface area contributed by atoms with Crippen molar-refractivity contribution in [1.29, 1.82) is 0 Å². The molecular formula is C8H15N. The monoisotopic (exact) mass is 125 g/mol. The van der Waals surface area contributed by atoms with Crippen molar-refractivity contribution in [3.05, 3.63) is 0 Å². The molecule has 2 aliphatic rings. The second-order valence-corrected chi connectivity index (χ2v) is 3.59. The number of nitrogens with two attached hydrogens (primary N) is 1. The fourth-order valence-electron chi connectivity index (χ4n) is 2.33. The van der Waals surface area contributed by atoms with E-state index in [9.17, 15) is 0 Å². The van der Waals surface area contributed by atoms with Crippen LogP contribution in [0.3, 0.4) is 0 Å². The molecule has 9 heavy (non-hydrogen) atoms. The van der Waals surface area contributed by atoms with Crippen LogP contribution in [0, 0.1) is 17.8 Å². The Kier molecular flexibility index (Phi) is 1.26. The smallest absolute Gasteiger partial charge is 0.00461 e. The van der Waals surface area contributed by atoms with Crippen LogP contribution in [0.1, 0.15) is 25.7 Å². The number of rotatable bonds is 1. The fraction of sp³-hybridized carbons (Fsp3) is 1.00. The molecule has 0 aromatic carbocycles. The molecule has 1 heteroatoms. The molecule has 0 aromatic rings. The van der Waals surface area contributed by atoms with E-state index in [1.54, 1.807) is 0 Å². The van der Waals surface area contributed by atoms with E-state index in [-0.39, 0.29) is 0 Å². The van der Waals surface area contributed by atoms with Crippen LogP contribution in [0.15, 0.2) is 0 Å². The highest BCUT2D eigenvalue weighted by Gasteiger charge is 2.44. The fourth-order valence-corrected chi connectivity index (χ4v) is 2.33. The summed E-state index contributed by atoms with van der Waals surface area (Å²) in [4.78, 5) is 0. The van der Waals surface area contributed by atoms with E-state index in [2.05, 4.69) is 0 Å². The molecule has 2 aliphatic carbocycles. The van der Waals surface area contributed by atoms with E-state index in [0.29, 0.717) is 0 Å². The Morgan fingerprint density at radius 3 is 2.89 bits per heavy atom. The molecule has 0 amide bonds. The topological polar surface area (TPSA) is 26.0 Å². The van der Waals surface area contributed by atoms with Crippen molar-refractivity contribution < 1.29 is 0 Å². The Labute approximate surface area is 56.6 Å². The normalized spacial score (nSPS) is 48.3. The summed E-state index contributed by atoms with van der Waals surface area (Å²) < 4.78 is 0. The summed E-state index contributed by atoms with van der Waals surface area (Å²) in [6.45, 7) is 0.946. The van der Waals surface area contributed by atoms with Crippen LogP contribution in [-0.4, -0.2) is 6.54 Å². The average Bonchev–Trinajstić information content (AvgIpc) is 2.64. The Balaban J connectivity index is 1.93. The Morgan fingerprint density at radius 2 is 2.22 bits per heavy atom. The molecule has 0 spiro atoms. The van der Waals surface area contributed by atoms with Gasteiger partial charge in [0.25, 0.3) is 0 Å². The molecule has 0 radical (unpaired) electrons. The SMILES string of the molecule is NC[C@@H]1CCC[C@@H]2C[C@@H]12. The van der Waals surface area contributed by atoms with E-state index in [0.717, 1.165) is 24.3 Å². The maximum Gasteiger partial charge on any atom is -0.00461 e. The zero-order chi connectivity index (χ0) is 6.27. The van der Waals surface area contributed by atoms with Crippen molar-refractivity contribution in [3.63, 3.8) is 0 Å². The maximum absolute atomic E-state index is 5.62. The van der Waals surface area contributed by atoms with Gasteiger partial charge in [-0.2, -0.15) is 0 Å². The lowest BCUT2D eigenvalue weighted by atomic mass is 9.89. The second-order valence-electron chi connectivity index (χ2n) is 3.59. The van der Waals surface area contributed by atoms with Gasteiger partial charge in [0.15, 0.2) is 0 Å². The minimum absolute atomic E-state index is 0.906. The van der Waals surface area contributed by atoms with Gasteiger partial charge in [-0.1, -0.05) is 12.8 Å². The van der Waals surface area contributed by atoms with Crippen molar-refractivity contribution in [2.24, 2.45) is 23.5 Å². The van der Waals surface area contributed by atoms with Gasteiger partial charge in [-0.3, -0.25) is 0 Å². The van der Waals surface area contributed by atoms with E-state index in [4.69, 9.17) is 5.73 Å². The van der Waals surface area contributed by atoms with Crippen molar-refractivity contribution in [2.75, 3.05) is 6.54 Å². The molecule has 0 aliphatic heterocycles. The summed E-state index contributed by atoms with van der Waals surface area (Å²) in [6.07, 6.45) is 5.86.